The van der Waals surface area contributed by atoms with E-state index in [0.29, 0.717) is 34.6 Å². The molecule has 0 bridgehead atoms. The largest absolute Gasteiger partial charge is 0.427 e. The van der Waals surface area contributed by atoms with Crippen LogP contribution in [0.3, 0.4) is 0 Å². The van der Waals surface area contributed by atoms with Crippen LogP contribution < -0.4 is 9.64 Å². The molecule has 0 unspecified atom stereocenters. The first-order valence-corrected chi connectivity index (χ1v) is 11.2. The van der Waals surface area contributed by atoms with Crippen LogP contribution in [0.15, 0.2) is 54.7 Å². The van der Waals surface area contributed by atoms with Gasteiger partial charge in [0, 0.05) is 29.7 Å². The molecule has 2 aromatic carbocycles. The van der Waals surface area contributed by atoms with Crippen LogP contribution in [0.4, 0.5) is 5.69 Å². The minimum atomic E-state index is -0.376. The fourth-order valence-electron chi connectivity index (χ4n) is 3.91. The van der Waals surface area contributed by atoms with E-state index in [2.05, 4.69) is 16.2 Å². The van der Waals surface area contributed by atoms with Crippen molar-refractivity contribution in [2.45, 2.75) is 33.6 Å². The van der Waals surface area contributed by atoms with E-state index in [-0.39, 0.29) is 18.3 Å². The van der Waals surface area contributed by atoms with Crippen molar-refractivity contribution in [3.8, 4) is 11.8 Å². The molecule has 8 heteroatoms. The van der Waals surface area contributed by atoms with Gasteiger partial charge in [0.2, 0.25) is 0 Å². The Bertz CT molecular complexity index is 1450. The maximum Gasteiger partial charge on any atom is 0.311 e. The summed E-state index contributed by atoms with van der Waals surface area (Å²) in [4.78, 5) is 31.2. The van der Waals surface area contributed by atoms with Gasteiger partial charge in [-0.25, -0.2) is 9.50 Å². The van der Waals surface area contributed by atoms with Crippen LogP contribution in [0.25, 0.3) is 5.65 Å². The van der Waals surface area contributed by atoms with Gasteiger partial charge in [-0.3, -0.25) is 9.59 Å². The van der Waals surface area contributed by atoms with E-state index in [4.69, 9.17) is 4.74 Å². The zero-order chi connectivity index (χ0) is 25.1. The SMILES string of the molecule is Cc1ccc(C(=O)N(C)c2ccc(OC(=O)CCc3c(C)nc4c(C#N)cnn4c3C)cc2)cc1. The number of aryl methyl sites for hydroxylation is 3. The molecule has 0 spiro atoms. The van der Waals surface area contributed by atoms with Gasteiger partial charge in [0.05, 0.1) is 12.6 Å². The standard InChI is InChI=1S/C27H25N5O3/c1-17-5-7-20(8-6-17)27(34)31(4)22-9-11-23(12-10-22)35-25(33)14-13-24-18(2)30-26-21(15-28)16-29-32(26)19(24)3/h5-12,16H,13-14H2,1-4H3. The van der Waals surface area contributed by atoms with Crippen LogP contribution in [0.5, 0.6) is 5.75 Å². The third kappa shape index (κ3) is 4.89. The van der Waals surface area contributed by atoms with Crippen molar-refractivity contribution in [2.24, 2.45) is 0 Å². The van der Waals surface area contributed by atoms with Gasteiger partial charge in [0.15, 0.2) is 5.65 Å². The number of benzene rings is 2. The fraction of sp³-hybridized carbons (Fsp3) is 0.222. The van der Waals surface area contributed by atoms with Gasteiger partial charge in [-0.1, -0.05) is 17.7 Å². The molecule has 0 aliphatic carbocycles. The molecule has 0 aliphatic heterocycles. The second-order valence-corrected chi connectivity index (χ2v) is 8.36. The summed E-state index contributed by atoms with van der Waals surface area (Å²) in [6, 6.07) is 16.3. The Kier molecular flexibility index (Phi) is 6.60. The van der Waals surface area contributed by atoms with Gasteiger partial charge >= 0.3 is 5.97 Å². The summed E-state index contributed by atoms with van der Waals surface area (Å²) in [6.07, 6.45) is 2.09. The topological polar surface area (TPSA) is 101 Å². The van der Waals surface area contributed by atoms with Crippen molar-refractivity contribution in [3.63, 3.8) is 0 Å². The number of amides is 1. The molecular formula is C27H25N5O3. The number of anilines is 1. The lowest BCUT2D eigenvalue weighted by molar-refractivity contribution is -0.134. The molecule has 0 radical (unpaired) electrons. The third-order valence-electron chi connectivity index (χ3n) is 5.97. The van der Waals surface area contributed by atoms with E-state index in [1.54, 1.807) is 52.9 Å². The van der Waals surface area contributed by atoms with Gasteiger partial charge in [-0.05, 0) is 69.2 Å². The molecule has 0 saturated heterocycles. The summed E-state index contributed by atoms with van der Waals surface area (Å²) >= 11 is 0. The average Bonchev–Trinajstić information content (AvgIpc) is 3.27. The summed E-state index contributed by atoms with van der Waals surface area (Å²) in [5.41, 5.74) is 5.80. The number of carbonyl (C=O) groups is 2. The number of hydrogen-bond donors (Lipinski definition) is 0. The number of fused-ring (bicyclic) bond motifs is 1. The molecule has 0 saturated carbocycles. The lowest BCUT2D eigenvalue weighted by atomic mass is 10.1. The van der Waals surface area contributed by atoms with Crippen molar-refractivity contribution in [1.29, 1.82) is 5.26 Å². The zero-order valence-electron chi connectivity index (χ0n) is 20.1. The Balaban J connectivity index is 1.39. The first kappa shape index (κ1) is 23.6. The molecule has 0 atom stereocenters. The van der Waals surface area contributed by atoms with Gasteiger partial charge in [0.25, 0.3) is 5.91 Å². The fourth-order valence-corrected chi connectivity index (χ4v) is 3.91. The molecule has 4 rings (SSSR count). The maximum atomic E-state index is 12.7. The Morgan fingerprint density at radius 1 is 1.06 bits per heavy atom. The van der Waals surface area contributed by atoms with Gasteiger partial charge in [0.1, 0.15) is 17.4 Å². The zero-order valence-corrected chi connectivity index (χ0v) is 20.1. The lowest BCUT2D eigenvalue weighted by Crippen LogP contribution is -2.26. The van der Waals surface area contributed by atoms with Crippen LogP contribution in [-0.4, -0.2) is 33.5 Å². The first-order valence-electron chi connectivity index (χ1n) is 11.2. The van der Waals surface area contributed by atoms with Gasteiger partial charge in [-0.2, -0.15) is 10.4 Å². The number of carbonyl (C=O) groups excluding carboxylic acids is 2. The monoisotopic (exact) mass is 467 g/mol. The van der Waals surface area contributed by atoms with E-state index in [9.17, 15) is 14.9 Å². The number of rotatable bonds is 6. The molecule has 176 valence electrons. The van der Waals surface area contributed by atoms with E-state index >= 15 is 0 Å². The second kappa shape index (κ2) is 9.77. The number of nitrogens with zero attached hydrogens (tertiary/aromatic N) is 5. The average molecular weight is 468 g/mol. The lowest BCUT2D eigenvalue weighted by Gasteiger charge is -2.18. The van der Waals surface area contributed by atoms with Crippen LogP contribution in [0.1, 0.15) is 44.9 Å². The summed E-state index contributed by atoms with van der Waals surface area (Å²) in [6.45, 7) is 5.72. The number of aromatic nitrogens is 3. The quantitative estimate of drug-likeness (QED) is 0.309. The van der Waals surface area contributed by atoms with Crippen LogP contribution in [-0.2, 0) is 11.2 Å². The summed E-state index contributed by atoms with van der Waals surface area (Å²) in [5, 5.41) is 13.4. The number of esters is 1. The number of nitriles is 1. The molecular weight excluding hydrogens is 442 g/mol. The molecule has 2 heterocycles. The van der Waals surface area contributed by atoms with Gasteiger partial charge < -0.3 is 9.64 Å². The summed E-state index contributed by atoms with van der Waals surface area (Å²) in [5.74, 6) is -0.0910. The van der Waals surface area contributed by atoms with Gasteiger partial charge in [-0.15, -0.1) is 0 Å². The second-order valence-electron chi connectivity index (χ2n) is 8.36. The highest BCUT2D eigenvalue weighted by Crippen LogP contribution is 2.22. The molecule has 8 nitrogen and oxygen atoms in total. The van der Waals surface area contributed by atoms with E-state index < -0.39 is 0 Å². The molecule has 2 aromatic heterocycles. The Hall–Kier alpha value is -4.51. The first-order chi connectivity index (χ1) is 16.8. The van der Waals surface area contributed by atoms with Crippen molar-refractivity contribution in [2.75, 3.05) is 11.9 Å². The molecule has 1 amide bonds. The Morgan fingerprint density at radius 3 is 2.40 bits per heavy atom. The number of ether oxygens (including phenoxy) is 1. The number of hydrogen-bond acceptors (Lipinski definition) is 6. The smallest absolute Gasteiger partial charge is 0.311 e. The predicted octanol–water partition coefficient (Wildman–Crippen LogP) is 4.34. The third-order valence-corrected chi connectivity index (χ3v) is 5.97. The molecule has 0 aliphatic rings. The highest BCUT2D eigenvalue weighted by atomic mass is 16.5. The van der Waals surface area contributed by atoms with Crippen LogP contribution in [0, 0.1) is 32.1 Å². The minimum absolute atomic E-state index is 0.120. The van der Waals surface area contributed by atoms with E-state index in [1.165, 1.54) is 6.20 Å². The molecule has 35 heavy (non-hydrogen) atoms. The summed E-state index contributed by atoms with van der Waals surface area (Å²) in [7, 11) is 1.71. The van der Waals surface area contributed by atoms with E-state index in [0.717, 1.165) is 22.5 Å². The highest BCUT2D eigenvalue weighted by molar-refractivity contribution is 6.05. The van der Waals surface area contributed by atoms with E-state index in [1.807, 2.05) is 32.9 Å². The highest BCUT2D eigenvalue weighted by Gasteiger charge is 2.16. The van der Waals surface area contributed by atoms with Crippen LogP contribution >= 0.6 is 0 Å². The predicted molar refractivity (Wildman–Crippen MR) is 131 cm³/mol. The maximum absolute atomic E-state index is 12.7. The summed E-state index contributed by atoms with van der Waals surface area (Å²) < 4.78 is 7.11. The van der Waals surface area contributed by atoms with Crippen LogP contribution in [0.2, 0.25) is 0 Å². The Morgan fingerprint density at radius 2 is 1.74 bits per heavy atom. The normalized spacial score (nSPS) is 10.7. The molecule has 0 fully saturated rings. The van der Waals surface area contributed by atoms with Crippen molar-refractivity contribution >= 4 is 23.2 Å². The Labute approximate surface area is 203 Å². The van der Waals surface area contributed by atoms with Crippen molar-refractivity contribution in [3.05, 3.63) is 88.4 Å². The minimum Gasteiger partial charge on any atom is -0.427 e. The van der Waals surface area contributed by atoms with Crippen molar-refractivity contribution in [1.82, 2.24) is 14.6 Å². The molecule has 0 N–H and O–H groups in total. The van der Waals surface area contributed by atoms with Crippen molar-refractivity contribution < 1.29 is 14.3 Å². The molecule has 4 aromatic rings.